The summed E-state index contributed by atoms with van der Waals surface area (Å²) in [6, 6.07) is 0. The molecule has 15 heavy (non-hydrogen) atoms. The summed E-state index contributed by atoms with van der Waals surface area (Å²) in [6.45, 7) is 5.81. The van der Waals surface area contributed by atoms with Crippen LogP contribution in [0.3, 0.4) is 0 Å². The normalized spacial score (nSPS) is 39.5. The van der Waals surface area contributed by atoms with Gasteiger partial charge in [0, 0.05) is 18.8 Å². The molecule has 0 bridgehead atoms. The summed E-state index contributed by atoms with van der Waals surface area (Å²) >= 11 is 0. The van der Waals surface area contributed by atoms with Gasteiger partial charge in [0.2, 0.25) is 0 Å². The molecule has 2 rings (SSSR count). The van der Waals surface area contributed by atoms with Crippen LogP contribution in [0.5, 0.6) is 0 Å². The minimum Gasteiger partial charge on any atom is -0.459 e. The van der Waals surface area contributed by atoms with Gasteiger partial charge in [0.1, 0.15) is 11.4 Å². The maximum atomic E-state index is 11.6. The summed E-state index contributed by atoms with van der Waals surface area (Å²) in [6.07, 6.45) is 2.08. The van der Waals surface area contributed by atoms with E-state index in [0.717, 1.165) is 6.42 Å². The molecule has 0 aromatic heterocycles. The van der Waals surface area contributed by atoms with E-state index in [1.165, 1.54) is 0 Å². The molecular formula is C12H18O3. The first kappa shape index (κ1) is 10.7. The molecule has 2 aliphatic rings. The van der Waals surface area contributed by atoms with E-state index in [9.17, 15) is 9.59 Å². The number of esters is 1. The Morgan fingerprint density at radius 3 is 2.67 bits per heavy atom. The zero-order valence-corrected chi connectivity index (χ0v) is 9.58. The lowest BCUT2D eigenvalue weighted by molar-refractivity contribution is -0.190. The highest BCUT2D eigenvalue weighted by atomic mass is 16.6. The summed E-state index contributed by atoms with van der Waals surface area (Å²) < 4.78 is 5.44. The van der Waals surface area contributed by atoms with Gasteiger partial charge in [-0.05, 0) is 26.2 Å². The molecule has 1 saturated carbocycles. The Morgan fingerprint density at radius 1 is 1.33 bits per heavy atom. The van der Waals surface area contributed by atoms with Crippen LogP contribution in [0.2, 0.25) is 0 Å². The fourth-order valence-corrected chi connectivity index (χ4v) is 3.03. The van der Waals surface area contributed by atoms with Gasteiger partial charge in [-0.2, -0.15) is 0 Å². The second kappa shape index (κ2) is 3.32. The van der Waals surface area contributed by atoms with Crippen LogP contribution < -0.4 is 0 Å². The molecular weight excluding hydrogens is 192 g/mol. The smallest absolute Gasteiger partial charge is 0.309 e. The average molecular weight is 210 g/mol. The Morgan fingerprint density at radius 2 is 2.00 bits per heavy atom. The van der Waals surface area contributed by atoms with Crippen molar-refractivity contribution in [2.75, 3.05) is 0 Å². The van der Waals surface area contributed by atoms with Crippen molar-refractivity contribution in [1.29, 1.82) is 0 Å². The van der Waals surface area contributed by atoms with Crippen LogP contribution in [0.25, 0.3) is 0 Å². The quantitative estimate of drug-likeness (QED) is 0.574. The lowest BCUT2D eigenvalue weighted by Gasteiger charge is -2.47. The van der Waals surface area contributed by atoms with Gasteiger partial charge in [-0.25, -0.2) is 0 Å². The van der Waals surface area contributed by atoms with Gasteiger partial charge in [-0.3, -0.25) is 9.59 Å². The molecule has 0 aromatic rings. The number of hydrogen-bond acceptors (Lipinski definition) is 3. The number of carbonyl (C=O) groups is 2. The molecule has 1 heterocycles. The first-order valence-corrected chi connectivity index (χ1v) is 5.66. The molecule has 0 N–H and O–H groups in total. The predicted molar refractivity (Wildman–Crippen MR) is 55.2 cm³/mol. The second-order valence-corrected chi connectivity index (χ2v) is 5.37. The van der Waals surface area contributed by atoms with Crippen molar-refractivity contribution >= 4 is 11.8 Å². The Kier molecular flexibility index (Phi) is 2.36. The molecule has 0 radical (unpaired) electrons. The van der Waals surface area contributed by atoms with Crippen LogP contribution in [0.15, 0.2) is 0 Å². The molecule has 3 atom stereocenters. The lowest BCUT2D eigenvalue weighted by Crippen LogP contribution is -2.52. The fraction of sp³-hybridized carbons (Fsp3) is 0.833. The zero-order valence-electron chi connectivity index (χ0n) is 9.58. The molecule has 0 aromatic carbocycles. The third-order valence-electron chi connectivity index (χ3n) is 3.98. The number of fused-ring (bicyclic) bond motifs is 1. The molecule has 3 nitrogen and oxygen atoms in total. The van der Waals surface area contributed by atoms with Crippen molar-refractivity contribution in [3.8, 4) is 0 Å². The highest BCUT2D eigenvalue weighted by Crippen LogP contribution is 2.45. The molecule has 1 aliphatic heterocycles. The van der Waals surface area contributed by atoms with E-state index in [1.54, 1.807) is 0 Å². The topological polar surface area (TPSA) is 43.4 Å². The lowest BCUT2D eigenvalue weighted by atomic mass is 9.65. The molecule has 0 spiro atoms. The summed E-state index contributed by atoms with van der Waals surface area (Å²) in [7, 11) is 0. The summed E-state index contributed by atoms with van der Waals surface area (Å²) in [5, 5.41) is 0. The maximum absolute atomic E-state index is 11.6. The molecule has 1 unspecified atom stereocenters. The molecule has 3 heteroatoms. The Labute approximate surface area is 90.2 Å². The van der Waals surface area contributed by atoms with E-state index in [2.05, 4.69) is 0 Å². The van der Waals surface area contributed by atoms with E-state index < -0.39 is 5.60 Å². The number of ether oxygens (including phenoxy) is 1. The van der Waals surface area contributed by atoms with Crippen molar-refractivity contribution in [2.45, 2.75) is 45.6 Å². The summed E-state index contributed by atoms with van der Waals surface area (Å²) in [5.74, 6) is 0.585. The van der Waals surface area contributed by atoms with Crippen molar-refractivity contribution in [3.05, 3.63) is 0 Å². The average Bonchev–Trinajstić information content (AvgIpc) is 2.13. The largest absolute Gasteiger partial charge is 0.459 e. The highest BCUT2D eigenvalue weighted by Gasteiger charge is 2.50. The molecule has 1 saturated heterocycles. The van der Waals surface area contributed by atoms with E-state index in [4.69, 9.17) is 4.74 Å². The van der Waals surface area contributed by atoms with Crippen molar-refractivity contribution < 1.29 is 14.3 Å². The number of Topliss-reactive ketones (excluding diaryl/α,β-unsaturated/α-hetero) is 1. The molecule has 0 amide bonds. The number of cyclic esters (lactones) is 1. The minimum absolute atomic E-state index is 0.118. The first-order chi connectivity index (χ1) is 6.92. The number of ketones is 1. The third-order valence-corrected chi connectivity index (χ3v) is 3.98. The Hall–Kier alpha value is -0.860. The van der Waals surface area contributed by atoms with Gasteiger partial charge in [-0.15, -0.1) is 0 Å². The van der Waals surface area contributed by atoms with Crippen molar-refractivity contribution in [1.82, 2.24) is 0 Å². The van der Waals surface area contributed by atoms with E-state index in [-0.39, 0.29) is 17.8 Å². The van der Waals surface area contributed by atoms with Gasteiger partial charge >= 0.3 is 5.97 Å². The third kappa shape index (κ3) is 1.68. The van der Waals surface area contributed by atoms with Gasteiger partial charge in [-0.1, -0.05) is 6.92 Å². The summed E-state index contributed by atoms with van der Waals surface area (Å²) in [5.41, 5.74) is -0.394. The van der Waals surface area contributed by atoms with Crippen LogP contribution in [0.4, 0.5) is 0 Å². The zero-order chi connectivity index (χ0) is 11.2. The highest BCUT2D eigenvalue weighted by molar-refractivity contribution is 5.82. The minimum atomic E-state index is -0.394. The van der Waals surface area contributed by atoms with Crippen LogP contribution in [0.1, 0.15) is 40.0 Å². The molecule has 1 aliphatic carbocycles. The number of rotatable bonds is 0. The molecule has 84 valence electrons. The Bertz CT molecular complexity index is 306. The van der Waals surface area contributed by atoms with Crippen molar-refractivity contribution in [2.24, 2.45) is 17.8 Å². The van der Waals surface area contributed by atoms with Gasteiger partial charge in [0.15, 0.2) is 0 Å². The van der Waals surface area contributed by atoms with E-state index in [0.29, 0.717) is 24.5 Å². The predicted octanol–water partition coefficient (Wildman–Crippen LogP) is 1.94. The fourth-order valence-electron chi connectivity index (χ4n) is 3.03. The van der Waals surface area contributed by atoms with Crippen LogP contribution >= 0.6 is 0 Å². The molecule has 2 fully saturated rings. The first-order valence-electron chi connectivity index (χ1n) is 5.66. The SMILES string of the molecule is CC1C(=O)OC(C)(C)[C@@H]2CCC(=O)C[C@H]12. The van der Waals surface area contributed by atoms with Gasteiger partial charge in [0.25, 0.3) is 0 Å². The summed E-state index contributed by atoms with van der Waals surface area (Å²) in [4.78, 5) is 23.1. The van der Waals surface area contributed by atoms with Crippen LogP contribution in [-0.2, 0) is 14.3 Å². The van der Waals surface area contributed by atoms with Gasteiger partial charge in [0.05, 0.1) is 5.92 Å². The second-order valence-electron chi connectivity index (χ2n) is 5.37. The van der Waals surface area contributed by atoms with Gasteiger partial charge < -0.3 is 4.74 Å². The number of hydrogen-bond donors (Lipinski definition) is 0. The van der Waals surface area contributed by atoms with Crippen LogP contribution in [-0.4, -0.2) is 17.4 Å². The van der Waals surface area contributed by atoms with E-state index >= 15 is 0 Å². The van der Waals surface area contributed by atoms with E-state index in [1.807, 2.05) is 20.8 Å². The monoisotopic (exact) mass is 210 g/mol. The Balaban J connectivity index is 2.27. The van der Waals surface area contributed by atoms with Crippen molar-refractivity contribution in [3.63, 3.8) is 0 Å². The maximum Gasteiger partial charge on any atom is 0.309 e. The van der Waals surface area contributed by atoms with Crippen LogP contribution in [0, 0.1) is 17.8 Å². The number of carbonyl (C=O) groups excluding carboxylic acids is 2. The standard InChI is InChI=1S/C12H18O3/c1-7-9-6-8(13)4-5-10(9)12(2,3)15-11(7)14/h7,9-10H,4-6H2,1-3H3/t7?,9-,10-/m1/s1.